The van der Waals surface area contributed by atoms with Crippen molar-refractivity contribution in [2.24, 2.45) is 0 Å². The SMILES string of the molecule is CC(C)[Si](OCCC1OC1(C)C)(C(C)C)C(C)C. The van der Waals surface area contributed by atoms with Crippen molar-refractivity contribution >= 4 is 8.32 Å². The van der Waals surface area contributed by atoms with E-state index in [0.717, 1.165) is 13.0 Å². The summed E-state index contributed by atoms with van der Waals surface area (Å²) in [6.45, 7) is 19.2. The van der Waals surface area contributed by atoms with E-state index in [9.17, 15) is 0 Å². The Kier molecular flexibility index (Phi) is 5.07. The Morgan fingerprint density at radius 3 is 1.67 bits per heavy atom. The molecule has 0 N–H and O–H groups in total. The van der Waals surface area contributed by atoms with Crippen LogP contribution in [0, 0.1) is 0 Å². The molecule has 0 aliphatic carbocycles. The molecule has 0 spiro atoms. The van der Waals surface area contributed by atoms with Gasteiger partial charge in [-0.3, -0.25) is 0 Å². The van der Waals surface area contributed by atoms with Gasteiger partial charge in [0.2, 0.25) is 0 Å². The highest BCUT2D eigenvalue weighted by atomic mass is 28.4. The number of epoxide rings is 1. The van der Waals surface area contributed by atoms with Crippen LogP contribution in [0.4, 0.5) is 0 Å². The lowest BCUT2D eigenvalue weighted by molar-refractivity contribution is 0.250. The van der Waals surface area contributed by atoms with Crippen LogP contribution >= 0.6 is 0 Å². The van der Waals surface area contributed by atoms with Crippen molar-refractivity contribution in [2.75, 3.05) is 6.61 Å². The molecule has 0 amide bonds. The summed E-state index contributed by atoms with van der Waals surface area (Å²) in [4.78, 5) is 0. The summed E-state index contributed by atoms with van der Waals surface area (Å²) in [6, 6.07) is 0. The highest BCUT2D eigenvalue weighted by Gasteiger charge is 2.49. The van der Waals surface area contributed by atoms with Gasteiger partial charge in [-0.15, -0.1) is 0 Å². The third kappa shape index (κ3) is 3.17. The van der Waals surface area contributed by atoms with Crippen LogP contribution in [-0.4, -0.2) is 26.6 Å². The lowest BCUT2D eigenvalue weighted by atomic mass is 10.1. The van der Waals surface area contributed by atoms with Gasteiger partial charge in [-0.1, -0.05) is 41.5 Å². The summed E-state index contributed by atoms with van der Waals surface area (Å²) in [5.41, 5.74) is 2.11. The molecule has 0 aromatic carbocycles. The van der Waals surface area contributed by atoms with Gasteiger partial charge >= 0.3 is 0 Å². The lowest BCUT2D eigenvalue weighted by Gasteiger charge is -2.42. The maximum atomic E-state index is 6.52. The molecule has 2 nitrogen and oxygen atoms in total. The van der Waals surface area contributed by atoms with Gasteiger partial charge in [0.05, 0.1) is 11.7 Å². The fraction of sp³-hybridized carbons (Fsp3) is 1.00. The minimum atomic E-state index is -1.67. The highest BCUT2D eigenvalue weighted by Crippen LogP contribution is 2.43. The van der Waals surface area contributed by atoms with Crippen molar-refractivity contribution in [2.45, 2.75) is 90.1 Å². The first-order chi connectivity index (χ1) is 8.14. The van der Waals surface area contributed by atoms with E-state index in [1.807, 2.05) is 0 Å². The maximum absolute atomic E-state index is 6.52. The van der Waals surface area contributed by atoms with Crippen molar-refractivity contribution in [1.29, 1.82) is 0 Å². The quantitative estimate of drug-likeness (QED) is 0.493. The molecule has 1 saturated heterocycles. The fourth-order valence-corrected chi connectivity index (χ4v) is 9.05. The summed E-state index contributed by atoms with van der Waals surface area (Å²) in [5.74, 6) is 0. The first-order valence-corrected chi connectivity index (χ1v) is 9.60. The average molecular weight is 273 g/mol. The molecular weight excluding hydrogens is 240 g/mol. The van der Waals surface area contributed by atoms with Crippen molar-refractivity contribution in [1.82, 2.24) is 0 Å². The van der Waals surface area contributed by atoms with Crippen LogP contribution in [0.5, 0.6) is 0 Å². The zero-order valence-corrected chi connectivity index (χ0v) is 14.5. The third-order valence-corrected chi connectivity index (χ3v) is 10.7. The summed E-state index contributed by atoms with van der Waals surface area (Å²) in [6.07, 6.45) is 1.46. The molecule has 0 aromatic rings. The van der Waals surface area contributed by atoms with E-state index >= 15 is 0 Å². The molecule has 1 heterocycles. The van der Waals surface area contributed by atoms with Crippen molar-refractivity contribution in [3.63, 3.8) is 0 Å². The zero-order valence-electron chi connectivity index (χ0n) is 13.5. The Labute approximate surface area is 115 Å². The predicted molar refractivity (Wildman–Crippen MR) is 80.6 cm³/mol. The van der Waals surface area contributed by atoms with Gasteiger partial charge in [0.15, 0.2) is 8.32 Å². The van der Waals surface area contributed by atoms with E-state index in [1.165, 1.54) is 0 Å². The Morgan fingerprint density at radius 1 is 1.00 bits per heavy atom. The normalized spacial score (nSPS) is 23.2. The molecule has 1 fully saturated rings. The third-order valence-electron chi connectivity index (χ3n) is 4.60. The molecule has 1 rings (SSSR count). The van der Waals surface area contributed by atoms with E-state index in [1.54, 1.807) is 0 Å². The van der Waals surface area contributed by atoms with Crippen LogP contribution < -0.4 is 0 Å². The molecule has 0 radical (unpaired) electrons. The van der Waals surface area contributed by atoms with E-state index in [2.05, 4.69) is 55.4 Å². The number of rotatable bonds is 7. The van der Waals surface area contributed by atoms with Gasteiger partial charge < -0.3 is 9.16 Å². The minimum Gasteiger partial charge on any atom is -0.416 e. The van der Waals surface area contributed by atoms with Crippen LogP contribution in [0.3, 0.4) is 0 Å². The second-order valence-corrected chi connectivity index (χ2v) is 12.6. The second-order valence-electron chi connectivity index (χ2n) is 7.16. The van der Waals surface area contributed by atoms with E-state index in [0.29, 0.717) is 22.7 Å². The van der Waals surface area contributed by atoms with Crippen LogP contribution in [0.2, 0.25) is 16.6 Å². The predicted octanol–water partition coefficient (Wildman–Crippen LogP) is 4.75. The summed E-state index contributed by atoms with van der Waals surface area (Å²) < 4.78 is 12.2. The van der Waals surface area contributed by atoms with Gasteiger partial charge in [0.25, 0.3) is 0 Å². The Bertz CT molecular complexity index is 250. The zero-order chi connectivity index (χ0) is 14.1. The molecule has 1 aliphatic heterocycles. The lowest BCUT2D eigenvalue weighted by Crippen LogP contribution is -2.48. The van der Waals surface area contributed by atoms with Gasteiger partial charge in [-0.25, -0.2) is 0 Å². The van der Waals surface area contributed by atoms with Gasteiger partial charge in [0, 0.05) is 6.61 Å². The number of hydrogen-bond donors (Lipinski definition) is 0. The first-order valence-electron chi connectivity index (χ1n) is 7.46. The number of ether oxygens (including phenoxy) is 1. The molecule has 18 heavy (non-hydrogen) atoms. The molecule has 1 unspecified atom stereocenters. The second kappa shape index (κ2) is 5.64. The Balaban J connectivity index is 2.56. The number of hydrogen-bond acceptors (Lipinski definition) is 2. The first kappa shape index (κ1) is 16.2. The van der Waals surface area contributed by atoms with Gasteiger partial charge in [-0.05, 0) is 36.9 Å². The molecule has 1 atom stereocenters. The molecular formula is C15H32O2Si. The topological polar surface area (TPSA) is 21.8 Å². The summed E-state index contributed by atoms with van der Waals surface area (Å²) in [7, 11) is -1.67. The summed E-state index contributed by atoms with van der Waals surface area (Å²) >= 11 is 0. The van der Waals surface area contributed by atoms with Gasteiger partial charge in [-0.2, -0.15) is 0 Å². The fourth-order valence-electron chi connectivity index (χ4n) is 3.58. The summed E-state index contributed by atoms with van der Waals surface area (Å²) in [5, 5.41) is 0. The van der Waals surface area contributed by atoms with E-state index in [-0.39, 0.29) is 5.60 Å². The van der Waals surface area contributed by atoms with Crippen molar-refractivity contribution in [3.05, 3.63) is 0 Å². The molecule has 108 valence electrons. The average Bonchev–Trinajstić information content (AvgIpc) is 2.79. The standard InChI is InChI=1S/C15H32O2Si/c1-11(2)18(12(3)4,13(5)6)16-10-9-14-15(7,8)17-14/h11-14H,9-10H2,1-8H3. The van der Waals surface area contributed by atoms with Crippen LogP contribution in [0.25, 0.3) is 0 Å². The van der Waals surface area contributed by atoms with Gasteiger partial charge in [0.1, 0.15) is 0 Å². The molecule has 0 saturated carbocycles. The molecule has 0 aromatic heterocycles. The van der Waals surface area contributed by atoms with E-state index < -0.39 is 8.32 Å². The Morgan fingerprint density at radius 2 is 1.39 bits per heavy atom. The highest BCUT2D eigenvalue weighted by molar-refractivity contribution is 6.77. The molecule has 3 heteroatoms. The largest absolute Gasteiger partial charge is 0.416 e. The minimum absolute atomic E-state index is 0.0983. The molecule has 0 bridgehead atoms. The van der Waals surface area contributed by atoms with Crippen molar-refractivity contribution < 1.29 is 9.16 Å². The monoisotopic (exact) mass is 272 g/mol. The van der Waals surface area contributed by atoms with Crippen LogP contribution in [0.1, 0.15) is 61.8 Å². The maximum Gasteiger partial charge on any atom is 0.200 e. The smallest absolute Gasteiger partial charge is 0.200 e. The Hall–Kier alpha value is 0.137. The van der Waals surface area contributed by atoms with E-state index in [4.69, 9.17) is 9.16 Å². The molecule has 1 aliphatic rings. The van der Waals surface area contributed by atoms with Crippen LogP contribution in [0.15, 0.2) is 0 Å². The van der Waals surface area contributed by atoms with Crippen LogP contribution in [-0.2, 0) is 9.16 Å². The van der Waals surface area contributed by atoms with Crippen molar-refractivity contribution in [3.8, 4) is 0 Å².